The van der Waals surface area contributed by atoms with E-state index in [-0.39, 0.29) is 11.9 Å². The van der Waals surface area contributed by atoms with Crippen LogP contribution < -0.4 is 5.73 Å². The number of hydrogen-bond acceptors (Lipinski definition) is 6. The molecule has 0 bridgehead atoms. The fraction of sp³-hybridized carbons (Fsp3) is 0.625. The smallest absolute Gasteiger partial charge is 0.222 e. The number of anilines is 1. The maximum atomic E-state index is 12.3. The minimum absolute atomic E-state index is 0.164. The van der Waals surface area contributed by atoms with Crippen LogP contribution in [0.4, 0.5) is 5.82 Å². The molecule has 0 aromatic carbocycles. The van der Waals surface area contributed by atoms with E-state index in [0.717, 1.165) is 0 Å². The largest absolute Gasteiger partial charge is 0.391 e. The summed E-state index contributed by atoms with van der Waals surface area (Å²) in [5.41, 5.74) is 7.02. The van der Waals surface area contributed by atoms with E-state index in [0.29, 0.717) is 55.3 Å². The van der Waals surface area contributed by atoms with Crippen LogP contribution >= 0.6 is 0 Å². The Kier molecular flexibility index (Phi) is 3.84. The number of aliphatic hydroxyl groups excluding tert-OH is 1. The lowest BCUT2D eigenvalue weighted by Crippen LogP contribution is -2.32. The van der Waals surface area contributed by atoms with Gasteiger partial charge in [0.15, 0.2) is 11.5 Å². The summed E-state index contributed by atoms with van der Waals surface area (Å²) in [7, 11) is 0. The van der Waals surface area contributed by atoms with E-state index in [1.165, 1.54) is 19.2 Å². The molecule has 2 atom stereocenters. The minimum atomic E-state index is -0.544. The predicted octanol–water partition coefficient (Wildman–Crippen LogP) is 0.733. The molecule has 128 valence electrons. The molecule has 2 aromatic heterocycles. The number of carbonyl (C=O) groups excluding carboxylic acids is 1. The third kappa shape index (κ3) is 2.82. The first-order chi connectivity index (χ1) is 11.6. The van der Waals surface area contributed by atoms with Crippen LogP contribution in [-0.4, -0.2) is 54.6 Å². The Hall–Kier alpha value is -2.22. The van der Waals surface area contributed by atoms with Crippen molar-refractivity contribution < 1.29 is 9.90 Å². The van der Waals surface area contributed by atoms with Crippen molar-refractivity contribution >= 4 is 22.9 Å². The third-order valence-electron chi connectivity index (χ3n) is 5.09. The summed E-state index contributed by atoms with van der Waals surface area (Å²) in [4.78, 5) is 26.7. The van der Waals surface area contributed by atoms with Gasteiger partial charge in [0, 0.05) is 19.5 Å². The topological polar surface area (TPSA) is 110 Å². The van der Waals surface area contributed by atoms with Crippen molar-refractivity contribution in [1.29, 1.82) is 0 Å². The third-order valence-corrected chi connectivity index (χ3v) is 5.09. The summed E-state index contributed by atoms with van der Waals surface area (Å²) < 4.78 is 1.87. The Morgan fingerprint density at radius 1 is 1.21 bits per heavy atom. The number of nitrogens with zero attached hydrogens (tertiary/aromatic N) is 5. The van der Waals surface area contributed by atoms with Crippen molar-refractivity contribution in [3.63, 3.8) is 0 Å². The zero-order valence-electron chi connectivity index (χ0n) is 13.5. The number of rotatable bonds is 3. The molecule has 1 aliphatic carbocycles. The van der Waals surface area contributed by atoms with E-state index in [1.807, 2.05) is 9.47 Å². The molecule has 1 amide bonds. The van der Waals surface area contributed by atoms with Crippen molar-refractivity contribution in [2.75, 3.05) is 18.8 Å². The second-order valence-electron chi connectivity index (χ2n) is 6.82. The number of fused-ring (bicyclic) bond motifs is 1. The molecule has 3 heterocycles. The molecule has 2 fully saturated rings. The van der Waals surface area contributed by atoms with Crippen LogP contribution in [0.25, 0.3) is 11.2 Å². The highest BCUT2D eigenvalue weighted by atomic mass is 16.3. The maximum absolute atomic E-state index is 12.3. The normalized spacial score (nSPS) is 25.0. The summed E-state index contributed by atoms with van der Waals surface area (Å²) in [6, 6.07) is -0.164. The monoisotopic (exact) mass is 330 g/mol. The van der Waals surface area contributed by atoms with Gasteiger partial charge in [-0.3, -0.25) is 4.79 Å². The fourth-order valence-electron chi connectivity index (χ4n) is 3.46. The Morgan fingerprint density at radius 3 is 2.79 bits per heavy atom. The highest BCUT2D eigenvalue weighted by molar-refractivity contribution is 5.81. The minimum Gasteiger partial charge on any atom is -0.391 e. The molecule has 1 aliphatic heterocycles. The molecule has 2 aliphatic rings. The lowest BCUT2D eigenvalue weighted by atomic mass is 10.1. The summed E-state index contributed by atoms with van der Waals surface area (Å²) >= 11 is 0. The molecule has 24 heavy (non-hydrogen) atoms. The Morgan fingerprint density at radius 2 is 2.00 bits per heavy atom. The molecule has 0 unspecified atom stereocenters. The van der Waals surface area contributed by atoms with E-state index in [9.17, 15) is 9.90 Å². The highest BCUT2D eigenvalue weighted by Crippen LogP contribution is 2.34. The van der Waals surface area contributed by atoms with Gasteiger partial charge in [-0.1, -0.05) is 0 Å². The van der Waals surface area contributed by atoms with Crippen molar-refractivity contribution in [3.05, 3.63) is 12.7 Å². The van der Waals surface area contributed by atoms with Gasteiger partial charge in [0.1, 0.15) is 11.8 Å². The van der Waals surface area contributed by atoms with Gasteiger partial charge in [-0.25, -0.2) is 15.0 Å². The Bertz CT molecular complexity index is 756. The molecule has 2 aromatic rings. The van der Waals surface area contributed by atoms with E-state index < -0.39 is 6.10 Å². The van der Waals surface area contributed by atoms with Crippen LogP contribution in [0, 0.1) is 5.92 Å². The van der Waals surface area contributed by atoms with E-state index in [2.05, 4.69) is 15.0 Å². The molecule has 1 saturated carbocycles. The van der Waals surface area contributed by atoms with Gasteiger partial charge in [-0.2, -0.15) is 0 Å². The lowest BCUT2D eigenvalue weighted by molar-refractivity contribution is -0.131. The molecule has 3 N–H and O–H groups in total. The predicted molar refractivity (Wildman–Crippen MR) is 87.9 cm³/mol. The quantitative estimate of drug-likeness (QED) is 0.858. The first-order valence-corrected chi connectivity index (χ1v) is 8.52. The van der Waals surface area contributed by atoms with Crippen LogP contribution in [0.1, 0.15) is 38.1 Å². The average molecular weight is 330 g/mol. The van der Waals surface area contributed by atoms with Gasteiger partial charge < -0.3 is 20.3 Å². The molecular weight excluding hydrogens is 308 g/mol. The number of amides is 1. The van der Waals surface area contributed by atoms with E-state index in [4.69, 9.17) is 5.73 Å². The van der Waals surface area contributed by atoms with Gasteiger partial charge in [-0.15, -0.1) is 0 Å². The highest BCUT2D eigenvalue weighted by Gasteiger charge is 2.32. The number of carbonyl (C=O) groups is 1. The number of likely N-dealkylation sites (tertiary alicyclic amines) is 1. The van der Waals surface area contributed by atoms with Gasteiger partial charge >= 0.3 is 0 Å². The molecule has 4 rings (SSSR count). The zero-order valence-corrected chi connectivity index (χ0v) is 13.5. The standard InChI is InChI=1S/C16H22N6O2/c17-15-14-16(19-8-18-15)22(9-20-14)11-3-5-21(6-4-12(11)23)13(24)7-10-1-2-10/h8-12,23H,1-7H2,(H2,17,18,19)/t11-,12-/m0/s1. The number of nitrogens with two attached hydrogens (primary N) is 1. The summed E-state index contributed by atoms with van der Waals surface area (Å²) in [6.07, 6.45) is 6.75. The molecule has 8 nitrogen and oxygen atoms in total. The van der Waals surface area contributed by atoms with E-state index >= 15 is 0 Å². The number of imidazole rings is 1. The van der Waals surface area contributed by atoms with Gasteiger partial charge in [-0.05, 0) is 31.6 Å². The van der Waals surface area contributed by atoms with Crippen LogP contribution in [0.3, 0.4) is 0 Å². The average Bonchev–Trinajstić information content (AvgIpc) is 3.31. The van der Waals surface area contributed by atoms with Crippen LogP contribution in [0.15, 0.2) is 12.7 Å². The second-order valence-corrected chi connectivity index (χ2v) is 6.82. The summed E-state index contributed by atoms with van der Waals surface area (Å²) in [6.45, 7) is 1.25. The molecule has 0 spiro atoms. The molecule has 1 saturated heterocycles. The maximum Gasteiger partial charge on any atom is 0.222 e. The SMILES string of the molecule is Nc1ncnc2c1ncn2[C@H]1CCN(C(=O)CC2CC2)CC[C@@H]1O. The zero-order chi connectivity index (χ0) is 16.7. The first kappa shape index (κ1) is 15.3. The van der Waals surface area contributed by atoms with Crippen LogP contribution in [0.5, 0.6) is 0 Å². The number of aromatic nitrogens is 4. The van der Waals surface area contributed by atoms with Crippen molar-refractivity contribution in [2.45, 2.75) is 44.2 Å². The number of hydrogen-bond donors (Lipinski definition) is 2. The summed E-state index contributed by atoms with van der Waals surface area (Å²) in [5.74, 6) is 1.13. The second kappa shape index (κ2) is 6.01. The van der Waals surface area contributed by atoms with Gasteiger partial charge in [0.2, 0.25) is 5.91 Å². The molecule has 0 radical (unpaired) electrons. The summed E-state index contributed by atoms with van der Waals surface area (Å²) in [5, 5.41) is 10.6. The van der Waals surface area contributed by atoms with E-state index in [1.54, 1.807) is 6.33 Å². The Labute approximate surface area is 139 Å². The Balaban J connectivity index is 1.54. The fourth-order valence-corrected chi connectivity index (χ4v) is 3.46. The van der Waals surface area contributed by atoms with Crippen molar-refractivity contribution in [2.24, 2.45) is 5.92 Å². The number of nitrogen functional groups attached to an aromatic ring is 1. The van der Waals surface area contributed by atoms with Crippen molar-refractivity contribution in [1.82, 2.24) is 24.4 Å². The molecular formula is C16H22N6O2. The number of aliphatic hydroxyl groups is 1. The first-order valence-electron chi connectivity index (χ1n) is 8.52. The lowest BCUT2D eigenvalue weighted by Gasteiger charge is -2.22. The van der Waals surface area contributed by atoms with Gasteiger partial charge in [0.25, 0.3) is 0 Å². The van der Waals surface area contributed by atoms with Crippen LogP contribution in [0.2, 0.25) is 0 Å². The van der Waals surface area contributed by atoms with Crippen molar-refractivity contribution in [3.8, 4) is 0 Å². The molecule has 8 heteroatoms. The van der Waals surface area contributed by atoms with Gasteiger partial charge in [0.05, 0.1) is 18.5 Å². The van der Waals surface area contributed by atoms with Crippen LogP contribution in [-0.2, 0) is 4.79 Å².